The predicted molar refractivity (Wildman–Crippen MR) is 103 cm³/mol. The highest BCUT2D eigenvalue weighted by atomic mass is 15.2. The lowest BCUT2D eigenvalue weighted by molar-refractivity contribution is 0.632. The standard InChI is InChI=1S/C22H25N3/c1-15-16(2)25(13-17-7-8-17)20-9-11-23-22(21(15)20)24-12-10-18-5-3-4-6-19(18)14-24/h3-6,9,11,17H,7-8,10,12-14H2,1-2H3. The van der Waals surface area contributed by atoms with Crippen molar-refractivity contribution in [1.82, 2.24) is 9.55 Å². The second kappa shape index (κ2) is 5.62. The molecule has 0 amide bonds. The number of hydrogen-bond acceptors (Lipinski definition) is 2. The molecule has 0 spiro atoms. The quantitative estimate of drug-likeness (QED) is 0.698. The second-order valence-corrected chi connectivity index (χ2v) is 7.73. The van der Waals surface area contributed by atoms with Crippen molar-refractivity contribution in [3.8, 4) is 0 Å². The number of aryl methyl sites for hydroxylation is 1. The zero-order valence-corrected chi connectivity index (χ0v) is 15.1. The third kappa shape index (κ3) is 2.45. The summed E-state index contributed by atoms with van der Waals surface area (Å²) in [5.74, 6) is 2.05. The maximum Gasteiger partial charge on any atom is 0.138 e. The van der Waals surface area contributed by atoms with Crippen LogP contribution in [0, 0.1) is 19.8 Å². The first-order valence-electron chi connectivity index (χ1n) is 9.48. The average molecular weight is 331 g/mol. The van der Waals surface area contributed by atoms with Gasteiger partial charge in [-0.3, -0.25) is 0 Å². The molecule has 0 N–H and O–H groups in total. The van der Waals surface area contributed by atoms with Crippen molar-refractivity contribution in [2.75, 3.05) is 11.4 Å². The molecule has 3 heteroatoms. The monoisotopic (exact) mass is 331 g/mol. The Morgan fingerprint density at radius 3 is 2.68 bits per heavy atom. The van der Waals surface area contributed by atoms with Gasteiger partial charge in [0.25, 0.3) is 0 Å². The maximum absolute atomic E-state index is 4.83. The Kier molecular flexibility index (Phi) is 3.37. The fourth-order valence-corrected chi connectivity index (χ4v) is 4.30. The van der Waals surface area contributed by atoms with Gasteiger partial charge in [0.2, 0.25) is 0 Å². The average Bonchev–Trinajstić information content (AvgIpc) is 3.44. The third-order valence-corrected chi connectivity index (χ3v) is 6.09. The Labute approximate surface area is 149 Å². The van der Waals surface area contributed by atoms with Gasteiger partial charge < -0.3 is 9.47 Å². The van der Waals surface area contributed by atoms with Crippen LogP contribution in [-0.2, 0) is 19.5 Å². The van der Waals surface area contributed by atoms with Gasteiger partial charge in [-0.25, -0.2) is 4.98 Å². The summed E-state index contributed by atoms with van der Waals surface area (Å²) < 4.78 is 2.53. The van der Waals surface area contributed by atoms with Crippen molar-refractivity contribution < 1.29 is 0 Å². The SMILES string of the molecule is Cc1c(C)n(CC2CC2)c2ccnc(N3CCc4ccccc4C3)c12. The highest BCUT2D eigenvalue weighted by molar-refractivity contribution is 5.95. The van der Waals surface area contributed by atoms with E-state index in [2.05, 4.69) is 53.6 Å². The van der Waals surface area contributed by atoms with Gasteiger partial charge >= 0.3 is 0 Å². The molecule has 0 saturated heterocycles. The second-order valence-electron chi connectivity index (χ2n) is 7.73. The Morgan fingerprint density at radius 1 is 1.08 bits per heavy atom. The summed E-state index contributed by atoms with van der Waals surface area (Å²) in [6.07, 6.45) is 5.88. The smallest absolute Gasteiger partial charge is 0.138 e. The van der Waals surface area contributed by atoms with Crippen molar-refractivity contribution in [1.29, 1.82) is 0 Å². The topological polar surface area (TPSA) is 21.1 Å². The molecule has 2 aromatic heterocycles. The summed E-state index contributed by atoms with van der Waals surface area (Å²) in [7, 11) is 0. The van der Waals surface area contributed by atoms with Gasteiger partial charge in [-0.2, -0.15) is 0 Å². The molecule has 1 saturated carbocycles. The highest BCUT2D eigenvalue weighted by Gasteiger charge is 2.26. The Hall–Kier alpha value is -2.29. The molecule has 1 aromatic carbocycles. The van der Waals surface area contributed by atoms with Crippen molar-refractivity contribution in [2.45, 2.75) is 46.2 Å². The van der Waals surface area contributed by atoms with Gasteiger partial charge in [-0.05, 0) is 61.8 Å². The minimum atomic E-state index is 0.882. The van der Waals surface area contributed by atoms with Crippen molar-refractivity contribution in [3.05, 3.63) is 58.9 Å². The molecule has 25 heavy (non-hydrogen) atoms. The van der Waals surface area contributed by atoms with E-state index in [1.807, 2.05) is 6.20 Å². The molecule has 1 aliphatic carbocycles. The first kappa shape index (κ1) is 15.0. The summed E-state index contributed by atoms with van der Waals surface area (Å²) in [6, 6.07) is 11.0. The number of anilines is 1. The van der Waals surface area contributed by atoms with E-state index in [4.69, 9.17) is 4.98 Å². The van der Waals surface area contributed by atoms with Crippen LogP contribution in [0.3, 0.4) is 0 Å². The molecule has 0 atom stereocenters. The van der Waals surface area contributed by atoms with Crippen LogP contribution >= 0.6 is 0 Å². The Balaban J connectivity index is 1.60. The van der Waals surface area contributed by atoms with Gasteiger partial charge in [0, 0.05) is 36.9 Å². The van der Waals surface area contributed by atoms with Gasteiger partial charge in [0.15, 0.2) is 0 Å². The van der Waals surface area contributed by atoms with Crippen LogP contribution in [0.25, 0.3) is 10.9 Å². The predicted octanol–water partition coefficient (Wildman–Crippen LogP) is 4.63. The molecule has 1 fully saturated rings. The summed E-state index contributed by atoms with van der Waals surface area (Å²) in [4.78, 5) is 7.30. The van der Waals surface area contributed by atoms with E-state index in [9.17, 15) is 0 Å². The van der Waals surface area contributed by atoms with Crippen molar-refractivity contribution in [2.24, 2.45) is 5.92 Å². The van der Waals surface area contributed by atoms with E-state index < -0.39 is 0 Å². The number of pyridine rings is 1. The summed E-state index contributed by atoms with van der Waals surface area (Å²) in [6.45, 7) is 7.73. The Morgan fingerprint density at radius 2 is 1.88 bits per heavy atom. The van der Waals surface area contributed by atoms with E-state index in [1.165, 1.54) is 58.5 Å². The van der Waals surface area contributed by atoms with E-state index in [1.54, 1.807) is 0 Å². The van der Waals surface area contributed by atoms with E-state index in [0.717, 1.165) is 25.4 Å². The van der Waals surface area contributed by atoms with Crippen molar-refractivity contribution in [3.63, 3.8) is 0 Å². The summed E-state index contributed by atoms with van der Waals surface area (Å²) in [5.41, 5.74) is 7.11. The zero-order valence-electron chi connectivity index (χ0n) is 15.1. The van der Waals surface area contributed by atoms with Gasteiger partial charge in [0.05, 0.1) is 5.52 Å². The number of nitrogens with zero attached hydrogens (tertiary/aromatic N) is 3. The van der Waals surface area contributed by atoms with Gasteiger partial charge in [-0.1, -0.05) is 24.3 Å². The Bertz CT molecular complexity index is 949. The van der Waals surface area contributed by atoms with Crippen LogP contribution in [0.4, 0.5) is 5.82 Å². The number of benzene rings is 1. The minimum absolute atomic E-state index is 0.882. The van der Waals surface area contributed by atoms with Crippen LogP contribution < -0.4 is 4.90 Å². The van der Waals surface area contributed by atoms with Crippen LogP contribution in [0.15, 0.2) is 36.5 Å². The minimum Gasteiger partial charge on any atom is -0.351 e. The number of hydrogen-bond donors (Lipinski definition) is 0. The summed E-state index contributed by atoms with van der Waals surface area (Å²) in [5, 5.41) is 1.36. The number of aromatic nitrogens is 2. The molecule has 3 aromatic rings. The molecule has 5 rings (SSSR count). The number of fused-ring (bicyclic) bond motifs is 2. The van der Waals surface area contributed by atoms with Gasteiger partial charge in [0.1, 0.15) is 5.82 Å². The summed E-state index contributed by atoms with van der Waals surface area (Å²) >= 11 is 0. The molecule has 3 nitrogen and oxygen atoms in total. The molecule has 3 heterocycles. The molecule has 0 bridgehead atoms. The van der Waals surface area contributed by atoms with E-state index >= 15 is 0 Å². The number of rotatable bonds is 3. The van der Waals surface area contributed by atoms with Crippen LogP contribution in [0.2, 0.25) is 0 Å². The molecular weight excluding hydrogens is 306 g/mol. The van der Waals surface area contributed by atoms with Crippen LogP contribution in [0.5, 0.6) is 0 Å². The van der Waals surface area contributed by atoms with Gasteiger partial charge in [-0.15, -0.1) is 0 Å². The first-order chi connectivity index (χ1) is 12.2. The fraction of sp³-hybridized carbons (Fsp3) is 0.409. The van der Waals surface area contributed by atoms with E-state index in [-0.39, 0.29) is 0 Å². The molecule has 1 aliphatic heterocycles. The zero-order chi connectivity index (χ0) is 17.0. The molecule has 0 unspecified atom stereocenters. The maximum atomic E-state index is 4.83. The van der Waals surface area contributed by atoms with Crippen LogP contribution in [-0.4, -0.2) is 16.1 Å². The molecule has 0 radical (unpaired) electrons. The normalized spacial score (nSPS) is 17.1. The van der Waals surface area contributed by atoms with Crippen molar-refractivity contribution >= 4 is 16.7 Å². The first-order valence-corrected chi connectivity index (χ1v) is 9.48. The lowest BCUT2D eigenvalue weighted by Gasteiger charge is -2.30. The van der Waals surface area contributed by atoms with Crippen LogP contribution in [0.1, 0.15) is 35.2 Å². The molecule has 128 valence electrons. The third-order valence-electron chi connectivity index (χ3n) is 6.09. The van der Waals surface area contributed by atoms with E-state index in [0.29, 0.717) is 0 Å². The largest absolute Gasteiger partial charge is 0.351 e. The molecule has 2 aliphatic rings. The lowest BCUT2D eigenvalue weighted by Crippen LogP contribution is -2.31. The fourth-order valence-electron chi connectivity index (χ4n) is 4.30. The molecular formula is C22H25N3. The highest BCUT2D eigenvalue weighted by Crippen LogP contribution is 2.37. The lowest BCUT2D eigenvalue weighted by atomic mass is 9.99.